The molecular formula is C27H35ClN4O2. The van der Waals surface area contributed by atoms with Gasteiger partial charge >= 0.3 is 0 Å². The van der Waals surface area contributed by atoms with Gasteiger partial charge in [-0.15, -0.1) is 0 Å². The van der Waals surface area contributed by atoms with Gasteiger partial charge in [0.1, 0.15) is 0 Å². The van der Waals surface area contributed by atoms with Crippen LogP contribution in [0.1, 0.15) is 56.7 Å². The summed E-state index contributed by atoms with van der Waals surface area (Å²) in [6, 6.07) is 11.6. The maximum atomic E-state index is 13.3. The minimum atomic E-state index is -0.211. The van der Waals surface area contributed by atoms with Crippen LogP contribution in [0, 0.1) is 11.3 Å². The second-order valence-electron chi connectivity index (χ2n) is 10.0. The molecule has 2 aromatic rings. The van der Waals surface area contributed by atoms with Crippen molar-refractivity contribution in [1.29, 1.82) is 0 Å². The Hall–Kier alpha value is -2.44. The summed E-state index contributed by atoms with van der Waals surface area (Å²) < 4.78 is 0. The van der Waals surface area contributed by atoms with Gasteiger partial charge < -0.3 is 15.1 Å². The van der Waals surface area contributed by atoms with Gasteiger partial charge in [0, 0.05) is 43.0 Å². The van der Waals surface area contributed by atoms with Crippen molar-refractivity contribution >= 4 is 23.4 Å². The van der Waals surface area contributed by atoms with Gasteiger partial charge in [-0.05, 0) is 68.1 Å². The predicted octanol–water partition coefficient (Wildman–Crippen LogP) is 4.45. The van der Waals surface area contributed by atoms with Crippen molar-refractivity contribution in [2.75, 3.05) is 26.2 Å². The van der Waals surface area contributed by atoms with Crippen LogP contribution in [0.25, 0.3) is 0 Å². The van der Waals surface area contributed by atoms with Crippen LogP contribution in [0.4, 0.5) is 0 Å². The highest BCUT2D eigenvalue weighted by Gasteiger charge is 2.47. The van der Waals surface area contributed by atoms with Crippen molar-refractivity contribution in [3.8, 4) is 0 Å². The van der Waals surface area contributed by atoms with Crippen LogP contribution in [0.2, 0.25) is 5.02 Å². The lowest BCUT2D eigenvalue weighted by atomic mass is 9.77. The molecular weight excluding hydrogens is 448 g/mol. The zero-order chi connectivity index (χ0) is 24.1. The average Bonchev–Trinajstić information content (AvgIpc) is 3.13. The molecule has 34 heavy (non-hydrogen) atoms. The van der Waals surface area contributed by atoms with Gasteiger partial charge in [0.2, 0.25) is 11.8 Å². The summed E-state index contributed by atoms with van der Waals surface area (Å²) in [6.45, 7) is 7.98. The summed E-state index contributed by atoms with van der Waals surface area (Å²) in [6.07, 6.45) is 7.15. The molecule has 0 saturated carbocycles. The highest BCUT2D eigenvalue weighted by Crippen LogP contribution is 2.42. The van der Waals surface area contributed by atoms with Crippen LogP contribution >= 0.6 is 11.6 Å². The van der Waals surface area contributed by atoms with Gasteiger partial charge in [-0.25, -0.2) is 0 Å². The zero-order valence-electron chi connectivity index (χ0n) is 20.2. The first-order valence-electron chi connectivity index (χ1n) is 12.3. The van der Waals surface area contributed by atoms with E-state index >= 15 is 0 Å². The molecule has 0 radical (unpaired) electrons. The molecule has 3 heterocycles. The number of likely N-dealkylation sites (tertiary alicyclic amines) is 2. The molecule has 2 fully saturated rings. The SMILES string of the molecule is CC(C)C(=O)NC(CCN1CCC2(CC1)CCN(Cc1cccnc1)C2=O)c1cccc(Cl)c1. The lowest BCUT2D eigenvalue weighted by molar-refractivity contribution is -0.139. The molecule has 182 valence electrons. The largest absolute Gasteiger partial charge is 0.349 e. The number of carbonyl (C=O) groups excluding carboxylic acids is 2. The van der Waals surface area contributed by atoms with E-state index in [1.807, 2.05) is 61.3 Å². The lowest BCUT2D eigenvalue weighted by Crippen LogP contribution is -2.45. The number of hydrogen-bond acceptors (Lipinski definition) is 4. The highest BCUT2D eigenvalue weighted by molar-refractivity contribution is 6.30. The number of amides is 2. The molecule has 0 bridgehead atoms. The summed E-state index contributed by atoms with van der Waals surface area (Å²) in [7, 11) is 0. The van der Waals surface area contributed by atoms with Crippen molar-refractivity contribution < 1.29 is 9.59 Å². The first kappa shape index (κ1) is 24.7. The maximum absolute atomic E-state index is 13.3. The number of nitrogens with one attached hydrogen (secondary N) is 1. The number of rotatable bonds is 8. The Morgan fingerprint density at radius 2 is 1.91 bits per heavy atom. The Morgan fingerprint density at radius 1 is 1.15 bits per heavy atom. The minimum Gasteiger partial charge on any atom is -0.349 e. The molecule has 7 heteroatoms. The Morgan fingerprint density at radius 3 is 2.59 bits per heavy atom. The monoisotopic (exact) mass is 482 g/mol. The topological polar surface area (TPSA) is 65.5 Å². The fraction of sp³-hybridized carbons (Fsp3) is 0.519. The predicted molar refractivity (Wildman–Crippen MR) is 134 cm³/mol. The molecule has 1 N–H and O–H groups in total. The van der Waals surface area contributed by atoms with E-state index < -0.39 is 0 Å². The molecule has 4 rings (SSSR count). The number of piperidine rings is 1. The van der Waals surface area contributed by atoms with Crippen LogP contribution < -0.4 is 5.32 Å². The Kier molecular flexibility index (Phi) is 7.89. The molecule has 2 aliphatic heterocycles. The van der Waals surface area contributed by atoms with Crippen molar-refractivity contribution in [2.24, 2.45) is 11.3 Å². The van der Waals surface area contributed by atoms with Crippen LogP contribution in [0.3, 0.4) is 0 Å². The van der Waals surface area contributed by atoms with Gasteiger partial charge in [-0.3, -0.25) is 14.6 Å². The summed E-state index contributed by atoms with van der Waals surface area (Å²) >= 11 is 6.22. The molecule has 1 unspecified atom stereocenters. The first-order valence-corrected chi connectivity index (χ1v) is 12.7. The number of pyridine rings is 1. The van der Waals surface area contributed by atoms with Crippen molar-refractivity contribution in [3.05, 3.63) is 64.9 Å². The molecule has 1 aromatic heterocycles. The van der Waals surface area contributed by atoms with Crippen LogP contribution in [0.5, 0.6) is 0 Å². The molecule has 2 saturated heterocycles. The fourth-order valence-corrected chi connectivity index (χ4v) is 5.32. The Balaban J connectivity index is 1.32. The van der Waals surface area contributed by atoms with Crippen molar-refractivity contribution in [1.82, 2.24) is 20.1 Å². The van der Waals surface area contributed by atoms with E-state index in [0.29, 0.717) is 17.5 Å². The third-order valence-corrected chi connectivity index (χ3v) is 7.57. The van der Waals surface area contributed by atoms with E-state index in [-0.39, 0.29) is 23.3 Å². The molecule has 2 aliphatic rings. The van der Waals surface area contributed by atoms with E-state index in [2.05, 4.69) is 15.2 Å². The summed E-state index contributed by atoms with van der Waals surface area (Å²) in [4.78, 5) is 34.3. The second-order valence-corrected chi connectivity index (χ2v) is 10.5. The fourth-order valence-electron chi connectivity index (χ4n) is 5.12. The van der Waals surface area contributed by atoms with E-state index in [1.54, 1.807) is 6.20 Å². The van der Waals surface area contributed by atoms with E-state index in [4.69, 9.17) is 11.6 Å². The number of benzene rings is 1. The zero-order valence-corrected chi connectivity index (χ0v) is 20.9. The van der Waals surface area contributed by atoms with Crippen LogP contribution in [-0.4, -0.2) is 52.8 Å². The molecule has 1 atom stereocenters. The number of hydrogen-bond donors (Lipinski definition) is 1. The van der Waals surface area contributed by atoms with E-state index in [0.717, 1.165) is 63.0 Å². The van der Waals surface area contributed by atoms with Crippen LogP contribution in [-0.2, 0) is 16.1 Å². The van der Waals surface area contributed by atoms with Gasteiger partial charge in [-0.2, -0.15) is 0 Å². The molecule has 2 amide bonds. The van der Waals surface area contributed by atoms with Crippen molar-refractivity contribution in [2.45, 2.75) is 52.1 Å². The van der Waals surface area contributed by atoms with E-state index in [1.165, 1.54) is 0 Å². The number of carbonyl (C=O) groups is 2. The smallest absolute Gasteiger partial charge is 0.229 e. The van der Waals surface area contributed by atoms with Gasteiger partial charge in [-0.1, -0.05) is 43.6 Å². The van der Waals surface area contributed by atoms with Crippen molar-refractivity contribution in [3.63, 3.8) is 0 Å². The van der Waals surface area contributed by atoms with Crippen LogP contribution in [0.15, 0.2) is 48.8 Å². The lowest BCUT2D eigenvalue weighted by Gasteiger charge is -2.38. The standard InChI is InChI=1S/C27H35ClN4O2/c1-20(2)25(33)30-24(22-6-3-7-23(28)17-22)8-13-31-14-9-27(10-15-31)11-16-32(26(27)34)19-21-5-4-12-29-18-21/h3-7,12,17-18,20,24H,8-11,13-16,19H2,1-2H3,(H,30,33). The second kappa shape index (κ2) is 10.9. The molecule has 1 spiro atoms. The maximum Gasteiger partial charge on any atom is 0.229 e. The summed E-state index contributed by atoms with van der Waals surface area (Å²) in [5, 5.41) is 3.87. The average molecular weight is 483 g/mol. The van der Waals surface area contributed by atoms with Gasteiger partial charge in [0.15, 0.2) is 0 Å². The number of nitrogens with zero attached hydrogens (tertiary/aromatic N) is 3. The number of aromatic nitrogens is 1. The van der Waals surface area contributed by atoms with E-state index in [9.17, 15) is 9.59 Å². The molecule has 1 aromatic carbocycles. The summed E-state index contributed by atoms with van der Waals surface area (Å²) in [5.74, 6) is 0.282. The normalized spacial score (nSPS) is 19.1. The molecule has 0 aliphatic carbocycles. The minimum absolute atomic E-state index is 0.0489. The van der Waals surface area contributed by atoms with Gasteiger partial charge in [0.05, 0.1) is 11.5 Å². The quantitative estimate of drug-likeness (QED) is 0.603. The third-order valence-electron chi connectivity index (χ3n) is 7.34. The molecule has 6 nitrogen and oxygen atoms in total. The van der Waals surface area contributed by atoms with Gasteiger partial charge in [0.25, 0.3) is 0 Å². The third kappa shape index (κ3) is 5.78. The Bertz CT molecular complexity index is 989. The highest BCUT2D eigenvalue weighted by atomic mass is 35.5. The first-order chi connectivity index (χ1) is 16.4. The Labute approximate surface area is 207 Å². The number of halogens is 1. The summed E-state index contributed by atoms with van der Waals surface area (Å²) in [5.41, 5.74) is 1.91.